The summed E-state index contributed by atoms with van der Waals surface area (Å²) in [5.41, 5.74) is 3.01. The Balaban J connectivity index is 1.74. The summed E-state index contributed by atoms with van der Waals surface area (Å²) in [5, 5.41) is 11.8. The zero-order chi connectivity index (χ0) is 16.6. The summed E-state index contributed by atoms with van der Waals surface area (Å²) in [6.45, 7) is 6.19. The van der Waals surface area contributed by atoms with E-state index in [9.17, 15) is 9.59 Å². The topological polar surface area (TPSA) is 75.2 Å². The molecule has 2 amide bonds. The number of nitrogens with one attached hydrogen (secondary N) is 1. The van der Waals surface area contributed by atoms with Gasteiger partial charge in [0.1, 0.15) is 5.01 Å². The average molecular weight is 330 g/mol. The first kappa shape index (κ1) is 15.6. The van der Waals surface area contributed by atoms with Gasteiger partial charge in [-0.3, -0.25) is 9.59 Å². The van der Waals surface area contributed by atoms with Crippen LogP contribution in [0.1, 0.15) is 22.6 Å². The Morgan fingerprint density at radius 2 is 2.09 bits per heavy atom. The summed E-state index contributed by atoms with van der Waals surface area (Å²) in [6.07, 6.45) is 0.219. The predicted molar refractivity (Wildman–Crippen MR) is 89.7 cm³/mol. The van der Waals surface area contributed by atoms with E-state index in [1.807, 2.05) is 39.0 Å². The molecule has 3 rings (SSSR count). The van der Waals surface area contributed by atoms with Crippen LogP contribution in [0, 0.1) is 26.7 Å². The van der Waals surface area contributed by atoms with Crippen molar-refractivity contribution in [3.63, 3.8) is 0 Å². The highest BCUT2D eigenvalue weighted by Crippen LogP contribution is 2.29. The zero-order valence-electron chi connectivity index (χ0n) is 13.3. The number of hydrogen-bond donors (Lipinski definition) is 1. The lowest BCUT2D eigenvalue weighted by Gasteiger charge is -2.19. The Morgan fingerprint density at radius 1 is 1.30 bits per heavy atom. The lowest BCUT2D eigenvalue weighted by Crippen LogP contribution is -2.28. The Bertz CT molecular complexity index is 771. The number of aryl methyl sites for hydroxylation is 3. The van der Waals surface area contributed by atoms with Gasteiger partial charge in [0.05, 0.1) is 5.92 Å². The third kappa shape index (κ3) is 3.24. The smallest absolute Gasteiger partial charge is 0.231 e. The zero-order valence-corrected chi connectivity index (χ0v) is 14.1. The fraction of sp³-hybridized carbons (Fsp3) is 0.375. The summed E-state index contributed by atoms with van der Waals surface area (Å²) in [6, 6.07) is 6.00. The molecule has 6 nitrogen and oxygen atoms in total. The molecule has 1 aromatic heterocycles. The molecule has 0 spiro atoms. The number of benzene rings is 1. The maximum absolute atomic E-state index is 12.3. The van der Waals surface area contributed by atoms with Gasteiger partial charge in [-0.1, -0.05) is 23.5 Å². The molecule has 0 saturated carbocycles. The predicted octanol–water partition coefficient (Wildman–Crippen LogP) is 2.45. The Kier molecular flexibility index (Phi) is 4.12. The molecule has 1 aliphatic heterocycles. The fourth-order valence-electron chi connectivity index (χ4n) is 2.68. The molecule has 7 heteroatoms. The molecular weight excluding hydrogens is 312 g/mol. The number of nitrogens with zero attached hydrogens (tertiary/aromatic N) is 3. The molecule has 0 aliphatic carbocycles. The highest BCUT2D eigenvalue weighted by molar-refractivity contribution is 7.15. The van der Waals surface area contributed by atoms with E-state index in [-0.39, 0.29) is 24.2 Å². The van der Waals surface area contributed by atoms with Crippen molar-refractivity contribution in [2.24, 2.45) is 5.92 Å². The summed E-state index contributed by atoms with van der Waals surface area (Å²) in [7, 11) is 0. The second-order valence-corrected chi connectivity index (χ2v) is 6.99. The summed E-state index contributed by atoms with van der Waals surface area (Å²) in [5.74, 6) is -0.568. The van der Waals surface area contributed by atoms with Crippen LogP contribution in [0.25, 0.3) is 0 Å². The first-order chi connectivity index (χ1) is 10.9. The van der Waals surface area contributed by atoms with E-state index in [1.165, 1.54) is 11.3 Å². The number of rotatable bonds is 3. The molecule has 1 N–H and O–H groups in total. The second-order valence-electron chi connectivity index (χ2n) is 5.81. The van der Waals surface area contributed by atoms with E-state index in [4.69, 9.17) is 0 Å². The molecule has 2 heterocycles. The van der Waals surface area contributed by atoms with Gasteiger partial charge in [-0.2, -0.15) is 0 Å². The van der Waals surface area contributed by atoms with Crippen LogP contribution in [0.5, 0.6) is 0 Å². The number of carbonyl (C=O) groups excluding carboxylic acids is 2. The number of carbonyl (C=O) groups is 2. The van der Waals surface area contributed by atoms with Gasteiger partial charge in [0.25, 0.3) is 0 Å². The monoisotopic (exact) mass is 330 g/mol. The van der Waals surface area contributed by atoms with Gasteiger partial charge in [0.15, 0.2) is 0 Å². The minimum absolute atomic E-state index is 0.0210. The van der Waals surface area contributed by atoms with E-state index < -0.39 is 0 Å². The molecule has 23 heavy (non-hydrogen) atoms. The lowest BCUT2D eigenvalue weighted by molar-refractivity contribution is -0.122. The SMILES string of the molecule is Cc1ccc(C)c(N2C[C@@H](C(=O)Nc3nnc(C)s3)CC2=O)c1. The molecule has 1 aliphatic rings. The average Bonchev–Trinajstić information content (AvgIpc) is 3.08. The lowest BCUT2D eigenvalue weighted by atomic mass is 10.1. The van der Waals surface area contributed by atoms with Crippen molar-refractivity contribution in [3.05, 3.63) is 34.3 Å². The van der Waals surface area contributed by atoms with Gasteiger partial charge in [-0.25, -0.2) is 0 Å². The first-order valence-corrected chi connectivity index (χ1v) is 8.24. The number of hydrogen-bond acceptors (Lipinski definition) is 5. The summed E-state index contributed by atoms with van der Waals surface area (Å²) in [4.78, 5) is 26.4. The van der Waals surface area contributed by atoms with E-state index in [1.54, 1.807) is 4.90 Å². The van der Waals surface area contributed by atoms with Gasteiger partial charge in [0, 0.05) is 18.7 Å². The van der Waals surface area contributed by atoms with E-state index in [2.05, 4.69) is 15.5 Å². The molecule has 0 radical (unpaired) electrons. The largest absolute Gasteiger partial charge is 0.311 e. The number of anilines is 2. The van der Waals surface area contributed by atoms with Crippen molar-refractivity contribution in [2.75, 3.05) is 16.8 Å². The number of aromatic nitrogens is 2. The van der Waals surface area contributed by atoms with Crippen LogP contribution in [0.3, 0.4) is 0 Å². The molecule has 0 bridgehead atoms. The van der Waals surface area contributed by atoms with Crippen LogP contribution in [0.4, 0.5) is 10.8 Å². The highest BCUT2D eigenvalue weighted by atomic mass is 32.1. The van der Waals surface area contributed by atoms with Crippen LogP contribution in [-0.4, -0.2) is 28.6 Å². The maximum atomic E-state index is 12.3. The third-order valence-electron chi connectivity index (χ3n) is 3.91. The Morgan fingerprint density at radius 3 is 2.78 bits per heavy atom. The minimum Gasteiger partial charge on any atom is -0.311 e. The van der Waals surface area contributed by atoms with Gasteiger partial charge in [0.2, 0.25) is 16.9 Å². The van der Waals surface area contributed by atoms with Crippen LogP contribution >= 0.6 is 11.3 Å². The van der Waals surface area contributed by atoms with E-state index in [0.29, 0.717) is 11.7 Å². The standard InChI is InChI=1S/C16H18N4O2S/c1-9-4-5-10(2)13(6-9)20-8-12(7-14(20)21)15(22)17-16-19-18-11(3)23-16/h4-6,12H,7-8H2,1-3H3,(H,17,19,22)/t12-/m0/s1. The van der Waals surface area contributed by atoms with Gasteiger partial charge >= 0.3 is 0 Å². The highest BCUT2D eigenvalue weighted by Gasteiger charge is 2.36. The molecule has 0 unspecified atom stereocenters. The minimum atomic E-state index is -0.369. The molecule has 1 atom stereocenters. The first-order valence-electron chi connectivity index (χ1n) is 7.42. The van der Waals surface area contributed by atoms with Crippen molar-refractivity contribution in [3.8, 4) is 0 Å². The molecule has 1 saturated heterocycles. The third-order valence-corrected chi connectivity index (χ3v) is 4.66. The molecular formula is C16H18N4O2S. The maximum Gasteiger partial charge on any atom is 0.231 e. The molecule has 2 aromatic rings. The van der Waals surface area contributed by atoms with Crippen LogP contribution in [0.15, 0.2) is 18.2 Å². The van der Waals surface area contributed by atoms with Crippen molar-refractivity contribution in [1.82, 2.24) is 10.2 Å². The Labute approximate surface area is 138 Å². The van der Waals surface area contributed by atoms with Crippen LogP contribution < -0.4 is 10.2 Å². The normalized spacial score (nSPS) is 17.6. The molecule has 1 fully saturated rings. The second kappa shape index (κ2) is 6.08. The summed E-state index contributed by atoms with van der Waals surface area (Å²) < 4.78 is 0. The van der Waals surface area contributed by atoms with Gasteiger partial charge < -0.3 is 10.2 Å². The van der Waals surface area contributed by atoms with Gasteiger partial charge in [-0.05, 0) is 38.0 Å². The fourth-order valence-corrected chi connectivity index (χ4v) is 3.28. The van der Waals surface area contributed by atoms with Crippen molar-refractivity contribution < 1.29 is 9.59 Å². The Hall–Kier alpha value is -2.28. The van der Waals surface area contributed by atoms with Crippen molar-refractivity contribution >= 4 is 34.0 Å². The summed E-state index contributed by atoms with van der Waals surface area (Å²) >= 11 is 1.32. The van der Waals surface area contributed by atoms with Crippen LogP contribution in [0.2, 0.25) is 0 Å². The van der Waals surface area contributed by atoms with Crippen LogP contribution in [-0.2, 0) is 9.59 Å². The van der Waals surface area contributed by atoms with Crippen molar-refractivity contribution in [2.45, 2.75) is 27.2 Å². The quantitative estimate of drug-likeness (QED) is 0.938. The van der Waals surface area contributed by atoms with E-state index in [0.717, 1.165) is 21.8 Å². The number of amides is 2. The van der Waals surface area contributed by atoms with Crippen molar-refractivity contribution in [1.29, 1.82) is 0 Å². The molecule has 120 valence electrons. The van der Waals surface area contributed by atoms with E-state index >= 15 is 0 Å². The molecule has 1 aromatic carbocycles. The van der Waals surface area contributed by atoms with Gasteiger partial charge in [-0.15, -0.1) is 10.2 Å².